The molecule has 0 radical (unpaired) electrons. The normalized spacial score (nSPS) is 15.3. The molecule has 1 N–H and O–H groups in total. The SMILES string of the molecule is COc1cc(/C=C2\NC(=O)N(C)C2=O)cc(Br)c1OCc1ccccc1Cl. The fraction of sp³-hybridized carbons (Fsp3) is 0.158. The Balaban J connectivity index is 1.87. The van der Waals surface area contributed by atoms with Crippen LogP contribution in [0, 0.1) is 0 Å². The second-order valence-electron chi connectivity index (χ2n) is 5.77. The maximum atomic E-state index is 12.0. The monoisotopic (exact) mass is 450 g/mol. The zero-order valence-electron chi connectivity index (χ0n) is 14.6. The average Bonchev–Trinajstić information content (AvgIpc) is 2.88. The number of benzene rings is 2. The van der Waals surface area contributed by atoms with Gasteiger partial charge in [-0.2, -0.15) is 0 Å². The number of nitrogens with zero attached hydrogens (tertiary/aromatic N) is 1. The number of urea groups is 1. The van der Waals surface area contributed by atoms with Crippen molar-refractivity contribution in [2.75, 3.05) is 14.2 Å². The number of halogens is 2. The third-order valence-corrected chi connectivity index (χ3v) is 4.93. The highest BCUT2D eigenvalue weighted by Gasteiger charge is 2.30. The third-order valence-electron chi connectivity index (χ3n) is 3.97. The second kappa shape index (κ2) is 8.02. The number of ether oxygens (including phenoxy) is 2. The van der Waals surface area contributed by atoms with Gasteiger partial charge in [-0.05, 0) is 45.8 Å². The van der Waals surface area contributed by atoms with Crippen LogP contribution in [0.15, 0.2) is 46.6 Å². The van der Waals surface area contributed by atoms with E-state index in [0.717, 1.165) is 10.5 Å². The molecule has 0 unspecified atom stereocenters. The Hall–Kier alpha value is -2.51. The van der Waals surface area contributed by atoms with E-state index in [4.69, 9.17) is 21.1 Å². The van der Waals surface area contributed by atoms with Crippen molar-refractivity contribution in [2.24, 2.45) is 0 Å². The number of rotatable bonds is 5. The number of carbonyl (C=O) groups is 2. The van der Waals surface area contributed by atoms with E-state index < -0.39 is 11.9 Å². The number of imide groups is 1. The van der Waals surface area contributed by atoms with Crippen molar-refractivity contribution < 1.29 is 19.1 Å². The van der Waals surface area contributed by atoms with Crippen molar-refractivity contribution >= 4 is 45.5 Å². The summed E-state index contributed by atoms with van der Waals surface area (Å²) in [5.41, 5.74) is 1.71. The Labute approximate surface area is 169 Å². The van der Waals surface area contributed by atoms with E-state index in [1.54, 1.807) is 24.3 Å². The predicted octanol–water partition coefficient (Wildman–Crippen LogP) is 4.21. The van der Waals surface area contributed by atoms with Crippen molar-refractivity contribution in [3.63, 3.8) is 0 Å². The first kappa shape index (κ1) is 19.3. The number of hydrogen-bond donors (Lipinski definition) is 1. The van der Waals surface area contributed by atoms with Gasteiger partial charge in [0.2, 0.25) is 0 Å². The van der Waals surface area contributed by atoms with Crippen molar-refractivity contribution in [1.82, 2.24) is 10.2 Å². The van der Waals surface area contributed by atoms with Gasteiger partial charge < -0.3 is 14.8 Å². The Morgan fingerprint density at radius 2 is 2.00 bits per heavy atom. The molecule has 140 valence electrons. The van der Waals surface area contributed by atoms with Gasteiger partial charge in [0.15, 0.2) is 11.5 Å². The van der Waals surface area contributed by atoms with Crippen molar-refractivity contribution in [1.29, 1.82) is 0 Å². The number of methoxy groups -OCH3 is 1. The number of hydrogen-bond acceptors (Lipinski definition) is 4. The van der Waals surface area contributed by atoms with E-state index in [2.05, 4.69) is 21.2 Å². The molecule has 1 heterocycles. The van der Waals surface area contributed by atoms with Crippen LogP contribution in [0.2, 0.25) is 5.02 Å². The summed E-state index contributed by atoms with van der Waals surface area (Å²) in [5.74, 6) is 0.598. The van der Waals surface area contributed by atoms with Crippen LogP contribution in [-0.4, -0.2) is 31.0 Å². The predicted molar refractivity (Wildman–Crippen MR) is 106 cm³/mol. The van der Waals surface area contributed by atoms with Crippen LogP contribution in [-0.2, 0) is 11.4 Å². The quantitative estimate of drug-likeness (QED) is 0.546. The van der Waals surface area contributed by atoms with Crippen LogP contribution in [0.5, 0.6) is 11.5 Å². The molecule has 0 saturated carbocycles. The van der Waals surface area contributed by atoms with Gasteiger partial charge in [-0.25, -0.2) is 4.79 Å². The first-order chi connectivity index (χ1) is 12.9. The molecular weight excluding hydrogens is 436 g/mol. The lowest BCUT2D eigenvalue weighted by Crippen LogP contribution is -2.25. The van der Waals surface area contributed by atoms with E-state index >= 15 is 0 Å². The molecule has 1 aliphatic heterocycles. The molecule has 8 heteroatoms. The summed E-state index contributed by atoms with van der Waals surface area (Å²) in [6.07, 6.45) is 1.58. The number of carbonyl (C=O) groups excluding carboxylic acids is 2. The van der Waals surface area contributed by atoms with Crippen LogP contribution in [0.3, 0.4) is 0 Å². The van der Waals surface area contributed by atoms with E-state index in [9.17, 15) is 9.59 Å². The van der Waals surface area contributed by atoms with Crippen LogP contribution < -0.4 is 14.8 Å². The number of likely N-dealkylation sites (N-methyl/N-ethyl adjacent to an activating group) is 1. The first-order valence-corrected chi connectivity index (χ1v) is 9.12. The highest BCUT2D eigenvalue weighted by molar-refractivity contribution is 9.10. The Morgan fingerprint density at radius 3 is 2.63 bits per heavy atom. The lowest BCUT2D eigenvalue weighted by atomic mass is 10.1. The van der Waals surface area contributed by atoms with Gasteiger partial charge in [-0.3, -0.25) is 9.69 Å². The van der Waals surface area contributed by atoms with E-state index in [0.29, 0.717) is 26.6 Å². The molecule has 1 saturated heterocycles. The lowest BCUT2D eigenvalue weighted by molar-refractivity contribution is -0.121. The molecule has 0 atom stereocenters. The van der Waals surface area contributed by atoms with Crippen molar-refractivity contribution in [3.8, 4) is 11.5 Å². The van der Waals surface area contributed by atoms with Gasteiger partial charge in [-0.1, -0.05) is 29.8 Å². The van der Waals surface area contributed by atoms with Gasteiger partial charge in [0.05, 0.1) is 11.6 Å². The summed E-state index contributed by atoms with van der Waals surface area (Å²) in [7, 11) is 2.94. The van der Waals surface area contributed by atoms with Crippen LogP contribution >= 0.6 is 27.5 Å². The molecule has 6 nitrogen and oxygen atoms in total. The molecule has 0 aliphatic carbocycles. The molecule has 0 bridgehead atoms. The van der Waals surface area contributed by atoms with E-state index in [1.807, 2.05) is 18.2 Å². The van der Waals surface area contributed by atoms with Crippen molar-refractivity contribution in [2.45, 2.75) is 6.61 Å². The maximum Gasteiger partial charge on any atom is 0.328 e. The van der Waals surface area contributed by atoms with Crippen LogP contribution in [0.1, 0.15) is 11.1 Å². The third kappa shape index (κ3) is 4.09. The molecule has 3 rings (SSSR count). The minimum Gasteiger partial charge on any atom is -0.493 e. The molecule has 0 aromatic heterocycles. The van der Waals surface area contributed by atoms with Gasteiger partial charge in [0.1, 0.15) is 12.3 Å². The summed E-state index contributed by atoms with van der Waals surface area (Å²) in [5, 5.41) is 3.14. The maximum absolute atomic E-state index is 12.0. The minimum atomic E-state index is -0.461. The summed E-state index contributed by atoms with van der Waals surface area (Å²) < 4.78 is 11.9. The zero-order chi connectivity index (χ0) is 19.6. The van der Waals surface area contributed by atoms with Crippen LogP contribution in [0.4, 0.5) is 4.79 Å². The van der Waals surface area contributed by atoms with Crippen LogP contribution in [0.25, 0.3) is 6.08 Å². The number of amides is 3. The second-order valence-corrected chi connectivity index (χ2v) is 7.03. The summed E-state index contributed by atoms with van der Waals surface area (Å²) in [4.78, 5) is 24.6. The Kier molecular flexibility index (Phi) is 5.72. The highest BCUT2D eigenvalue weighted by atomic mass is 79.9. The zero-order valence-corrected chi connectivity index (χ0v) is 16.9. The molecule has 1 aliphatic rings. The average molecular weight is 452 g/mol. The lowest BCUT2D eigenvalue weighted by Gasteiger charge is -2.14. The highest BCUT2D eigenvalue weighted by Crippen LogP contribution is 2.38. The largest absolute Gasteiger partial charge is 0.493 e. The summed E-state index contributed by atoms with van der Waals surface area (Å²) >= 11 is 9.63. The molecule has 2 aromatic rings. The van der Waals surface area contributed by atoms with Gasteiger partial charge >= 0.3 is 6.03 Å². The number of nitrogens with one attached hydrogen (secondary N) is 1. The standard InChI is InChI=1S/C19H16BrClN2O4/c1-23-18(24)15(22-19(23)25)8-11-7-13(20)17(16(9-11)26-2)27-10-12-5-3-4-6-14(12)21/h3-9H,10H2,1-2H3,(H,22,25)/b15-8-. The Bertz CT molecular complexity index is 945. The molecular formula is C19H16BrClN2O4. The first-order valence-electron chi connectivity index (χ1n) is 7.95. The molecule has 2 aromatic carbocycles. The molecule has 1 fully saturated rings. The van der Waals surface area contributed by atoms with Crippen molar-refractivity contribution in [3.05, 3.63) is 62.7 Å². The molecule has 27 heavy (non-hydrogen) atoms. The topological polar surface area (TPSA) is 67.9 Å². The smallest absolute Gasteiger partial charge is 0.328 e. The Morgan fingerprint density at radius 1 is 1.26 bits per heavy atom. The molecule has 0 spiro atoms. The van der Waals surface area contributed by atoms with E-state index in [1.165, 1.54) is 14.2 Å². The van der Waals surface area contributed by atoms with Gasteiger partial charge in [0, 0.05) is 17.6 Å². The van der Waals surface area contributed by atoms with Gasteiger partial charge in [0.25, 0.3) is 5.91 Å². The summed E-state index contributed by atoms with van der Waals surface area (Å²) in [6, 6.07) is 10.4. The fourth-order valence-corrected chi connectivity index (χ4v) is 3.28. The van der Waals surface area contributed by atoms with Gasteiger partial charge in [-0.15, -0.1) is 0 Å². The fourth-order valence-electron chi connectivity index (χ4n) is 2.52. The summed E-state index contributed by atoms with van der Waals surface area (Å²) in [6.45, 7) is 0.272. The van der Waals surface area contributed by atoms with E-state index in [-0.39, 0.29) is 12.3 Å². The minimum absolute atomic E-state index is 0.196. The molecule has 3 amide bonds.